The normalized spacial score (nSPS) is 25.9. The van der Waals surface area contributed by atoms with E-state index < -0.39 is 0 Å². The second-order valence-electron chi connectivity index (χ2n) is 3.74. The number of thiocarbonyl (C=S) groups is 1. The largest absolute Gasteiger partial charge is 0.361 e. The molecule has 0 saturated heterocycles. The van der Waals surface area contributed by atoms with Crippen LogP contribution in [0.2, 0.25) is 0 Å². The standard InChI is InChI=1S/C7H15N3S/c1-7(2)3-5(7)4-9-6(11)10-8/h5H,3-4,8H2,1-2H3,(H2,9,10,11). The first-order chi connectivity index (χ1) is 5.06. The van der Waals surface area contributed by atoms with E-state index in [1.807, 2.05) is 0 Å². The molecule has 1 atom stereocenters. The van der Waals surface area contributed by atoms with Crippen molar-refractivity contribution in [3.8, 4) is 0 Å². The van der Waals surface area contributed by atoms with E-state index in [4.69, 9.17) is 18.1 Å². The molecular formula is C7H15N3S. The summed E-state index contributed by atoms with van der Waals surface area (Å²) in [6.45, 7) is 5.46. The van der Waals surface area contributed by atoms with Gasteiger partial charge in [0, 0.05) is 6.54 Å². The lowest BCUT2D eigenvalue weighted by atomic mass is 10.1. The Bertz CT molecular complexity index is 167. The summed E-state index contributed by atoms with van der Waals surface area (Å²) in [5.74, 6) is 5.85. The Morgan fingerprint density at radius 3 is 2.64 bits per heavy atom. The third-order valence-electron chi connectivity index (χ3n) is 2.36. The van der Waals surface area contributed by atoms with E-state index >= 15 is 0 Å². The molecule has 0 aromatic carbocycles. The van der Waals surface area contributed by atoms with Crippen LogP contribution in [0.1, 0.15) is 20.3 Å². The molecule has 3 nitrogen and oxygen atoms in total. The molecule has 0 aromatic heterocycles. The first kappa shape index (κ1) is 8.74. The van der Waals surface area contributed by atoms with Crippen LogP contribution < -0.4 is 16.6 Å². The molecule has 0 spiro atoms. The van der Waals surface area contributed by atoms with Gasteiger partial charge in [0.05, 0.1) is 0 Å². The fourth-order valence-electron chi connectivity index (χ4n) is 1.19. The topological polar surface area (TPSA) is 50.1 Å². The van der Waals surface area contributed by atoms with Gasteiger partial charge in [0.2, 0.25) is 0 Å². The maximum atomic E-state index is 5.09. The van der Waals surface area contributed by atoms with E-state index in [0.717, 1.165) is 12.5 Å². The van der Waals surface area contributed by atoms with Gasteiger partial charge in [-0.05, 0) is 30.0 Å². The number of hydrogen-bond donors (Lipinski definition) is 3. The average molecular weight is 173 g/mol. The Morgan fingerprint density at radius 1 is 1.73 bits per heavy atom. The van der Waals surface area contributed by atoms with Gasteiger partial charge in [0.1, 0.15) is 0 Å². The Hall–Kier alpha value is -0.350. The third-order valence-corrected chi connectivity index (χ3v) is 2.62. The number of rotatable bonds is 2. The van der Waals surface area contributed by atoms with Crippen molar-refractivity contribution in [2.45, 2.75) is 20.3 Å². The van der Waals surface area contributed by atoms with Crippen LogP contribution >= 0.6 is 12.2 Å². The minimum atomic E-state index is 0.511. The summed E-state index contributed by atoms with van der Waals surface area (Å²) in [4.78, 5) is 0. The molecule has 1 aliphatic rings. The summed E-state index contributed by atoms with van der Waals surface area (Å²) in [6.07, 6.45) is 1.28. The Labute approximate surface area is 72.7 Å². The minimum absolute atomic E-state index is 0.511. The number of hydrazine groups is 1. The molecule has 0 aliphatic heterocycles. The number of hydrogen-bond acceptors (Lipinski definition) is 2. The predicted molar refractivity (Wildman–Crippen MR) is 49.8 cm³/mol. The highest BCUT2D eigenvalue weighted by Gasteiger charge is 2.44. The smallest absolute Gasteiger partial charge is 0.180 e. The van der Waals surface area contributed by atoms with Crippen LogP contribution in [0.25, 0.3) is 0 Å². The second-order valence-corrected chi connectivity index (χ2v) is 4.15. The maximum Gasteiger partial charge on any atom is 0.180 e. The van der Waals surface area contributed by atoms with Crippen molar-refractivity contribution >= 4 is 17.3 Å². The molecule has 4 N–H and O–H groups in total. The summed E-state index contributed by atoms with van der Waals surface area (Å²) in [5.41, 5.74) is 2.91. The Kier molecular flexibility index (Phi) is 2.34. The molecule has 1 fully saturated rings. The van der Waals surface area contributed by atoms with Gasteiger partial charge in [-0.3, -0.25) is 0 Å². The summed E-state index contributed by atoms with van der Waals surface area (Å²) in [5, 5.41) is 3.58. The van der Waals surface area contributed by atoms with Crippen molar-refractivity contribution in [1.29, 1.82) is 0 Å². The van der Waals surface area contributed by atoms with Crippen LogP contribution in [0.5, 0.6) is 0 Å². The molecule has 1 aliphatic carbocycles. The summed E-state index contributed by atoms with van der Waals surface area (Å²) >= 11 is 4.83. The molecule has 0 aromatic rings. The van der Waals surface area contributed by atoms with Crippen molar-refractivity contribution in [3.63, 3.8) is 0 Å². The molecule has 1 unspecified atom stereocenters. The summed E-state index contributed by atoms with van der Waals surface area (Å²) in [6, 6.07) is 0. The Morgan fingerprint density at radius 2 is 2.27 bits per heavy atom. The summed E-state index contributed by atoms with van der Waals surface area (Å²) < 4.78 is 0. The fourth-order valence-corrected chi connectivity index (χ4v) is 1.27. The van der Waals surface area contributed by atoms with Crippen LogP contribution in [0.4, 0.5) is 0 Å². The highest BCUT2D eigenvalue weighted by molar-refractivity contribution is 7.80. The van der Waals surface area contributed by atoms with Crippen LogP contribution in [0.15, 0.2) is 0 Å². The van der Waals surface area contributed by atoms with Crippen LogP contribution in [-0.2, 0) is 0 Å². The van der Waals surface area contributed by atoms with Gasteiger partial charge < -0.3 is 10.7 Å². The third kappa shape index (κ3) is 2.31. The van der Waals surface area contributed by atoms with Gasteiger partial charge in [0.25, 0.3) is 0 Å². The predicted octanol–water partition coefficient (Wildman–Crippen LogP) is 0.370. The van der Waals surface area contributed by atoms with E-state index in [1.54, 1.807) is 0 Å². The molecule has 11 heavy (non-hydrogen) atoms. The van der Waals surface area contributed by atoms with Gasteiger partial charge in [-0.2, -0.15) is 0 Å². The molecule has 1 rings (SSSR count). The van der Waals surface area contributed by atoms with E-state index in [-0.39, 0.29) is 0 Å². The van der Waals surface area contributed by atoms with E-state index in [0.29, 0.717) is 10.5 Å². The van der Waals surface area contributed by atoms with Gasteiger partial charge >= 0.3 is 0 Å². The molecule has 0 radical (unpaired) electrons. The van der Waals surface area contributed by atoms with E-state index in [9.17, 15) is 0 Å². The van der Waals surface area contributed by atoms with E-state index in [2.05, 4.69) is 24.6 Å². The first-order valence-corrected chi connectivity index (χ1v) is 4.21. The van der Waals surface area contributed by atoms with Gasteiger partial charge in [-0.15, -0.1) is 0 Å². The van der Waals surface area contributed by atoms with Crippen molar-refractivity contribution in [2.24, 2.45) is 17.2 Å². The minimum Gasteiger partial charge on any atom is -0.361 e. The lowest BCUT2D eigenvalue weighted by molar-refractivity contribution is 0.550. The van der Waals surface area contributed by atoms with E-state index in [1.165, 1.54) is 6.42 Å². The zero-order chi connectivity index (χ0) is 8.48. The maximum absolute atomic E-state index is 5.09. The lowest BCUT2D eigenvalue weighted by Gasteiger charge is -2.07. The zero-order valence-electron chi connectivity index (χ0n) is 6.98. The van der Waals surface area contributed by atoms with Crippen LogP contribution in [-0.4, -0.2) is 11.7 Å². The van der Waals surface area contributed by atoms with Crippen LogP contribution in [0.3, 0.4) is 0 Å². The zero-order valence-corrected chi connectivity index (χ0v) is 7.79. The molecule has 1 saturated carbocycles. The lowest BCUT2D eigenvalue weighted by Crippen LogP contribution is -2.40. The highest BCUT2D eigenvalue weighted by Crippen LogP contribution is 2.50. The fraction of sp³-hybridized carbons (Fsp3) is 0.857. The van der Waals surface area contributed by atoms with Gasteiger partial charge in [-0.25, -0.2) is 5.84 Å². The van der Waals surface area contributed by atoms with Crippen molar-refractivity contribution < 1.29 is 0 Å². The van der Waals surface area contributed by atoms with Crippen molar-refractivity contribution in [1.82, 2.24) is 10.7 Å². The van der Waals surface area contributed by atoms with Gasteiger partial charge in [0.15, 0.2) is 5.11 Å². The molecule has 64 valence electrons. The Balaban J connectivity index is 2.11. The quantitative estimate of drug-likeness (QED) is 0.321. The molecule has 0 amide bonds. The highest BCUT2D eigenvalue weighted by atomic mass is 32.1. The molecule has 0 bridgehead atoms. The summed E-state index contributed by atoms with van der Waals surface area (Å²) in [7, 11) is 0. The number of nitrogens with one attached hydrogen (secondary N) is 2. The molecular weight excluding hydrogens is 158 g/mol. The van der Waals surface area contributed by atoms with Crippen LogP contribution in [0, 0.1) is 11.3 Å². The van der Waals surface area contributed by atoms with Crippen molar-refractivity contribution in [2.75, 3.05) is 6.54 Å². The SMILES string of the molecule is CC1(C)CC1CNC(=S)NN. The van der Waals surface area contributed by atoms with Gasteiger partial charge in [-0.1, -0.05) is 13.8 Å². The first-order valence-electron chi connectivity index (χ1n) is 3.81. The average Bonchev–Trinajstić information content (AvgIpc) is 2.54. The monoisotopic (exact) mass is 173 g/mol. The second kappa shape index (κ2) is 2.95. The molecule has 0 heterocycles. The molecule has 4 heteroatoms. The van der Waals surface area contributed by atoms with Crippen molar-refractivity contribution in [3.05, 3.63) is 0 Å². The number of nitrogens with two attached hydrogens (primary N) is 1.